The van der Waals surface area contributed by atoms with Crippen molar-refractivity contribution in [3.8, 4) is 0 Å². The van der Waals surface area contributed by atoms with Crippen molar-refractivity contribution in [2.45, 2.75) is 51.1 Å². The van der Waals surface area contributed by atoms with Crippen LogP contribution in [0, 0.1) is 5.92 Å². The maximum Gasteiger partial charge on any atom is 0.0331 e. The number of piperidine rings is 1. The Balaban J connectivity index is 1.93. The van der Waals surface area contributed by atoms with E-state index in [1.54, 1.807) is 0 Å². The molecule has 1 heterocycles. The second kappa shape index (κ2) is 5.25. The molecular formula is C14H29N3. The van der Waals surface area contributed by atoms with E-state index in [0.29, 0.717) is 0 Å². The predicted molar refractivity (Wildman–Crippen MR) is 73.1 cm³/mol. The first-order chi connectivity index (χ1) is 8.11. The zero-order valence-electron chi connectivity index (χ0n) is 11.8. The van der Waals surface area contributed by atoms with Gasteiger partial charge in [-0.3, -0.25) is 4.90 Å². The van der Waals surface area contributed by atoms with Crippen LogP contribution in [0.25, 0.3) is 0 Å². The maximum atomic E-state index is 6.06. The third-order valence-electron chi connectivity index (χ3n) is 5.23. The Labute approximate surface area is 106 Å². The number of likely N-dealkylation sites (tertiary alicyclic amines) is 1. The summed E-state index contributed by atoms with van der Waals surface area (Å²) in [7, 11) is 2.30. The number of nitrogens with two attached hydrogens (primary N) is 1. The molecule has 3 nitrogen and oxygen atoms in total. The van der Waals surface area contributed by atoms with E-state index in [4.69, 9.17) is 5.73 Å². The number of nitrogens with zero attached hydrogens (tertiary/aromatic N) is 2. The Morgan fingerprint density at radius 2 is 1.82 bits per heavy atom. The van der Waals surface area contributed by atoms with Crippen molar-refractivity contribution in [1.82, 2.24) is 9.80 Å². The number of rotatable bonds is 5. The average Bonchev–Trinajstić information content (AvgIpc) is 3.21. The highest BCUT2D eigenvalue weighted by molar-refractivity contribution is 5.01. The van der Waals surface area contributed by atoms with Gasteiger partial charge in [0.1, 0.15) is 0 Å². The van der Waals surface area contributed by atoms with E-state index >= 15 is 0 Å². The first-order valence-electron chi connectivity index (χ1n) is 7.27. The van der Waals surface area contributed by atoms with Crippen LogP contribution in [-0.2, 0) is 0 Å². The van der Waals surface area contributed by atoms with Crippen LogP contribution in [0.5, 0.6) is 0 Å². The summed E-state index contributed by atoms with van der Waals surface area (Å²) in [6.45, 7) is 9.16. The first-order valence-corrected chi connectivity index (χ1v) is 7.27. The lowest BCUT2D eigenvalue weighted by molar-refractivity contribution is 0.0368. The number of hydrogen-bond acceptors (Lipinski definition) is 3. The summed E-state index contributed by atoms with van der Waals surface area (Å²) < 4.78 is 0. The van der Waals surface area contributed by atoms with Crippen LogP contribution in [0.4, 0.5) is 0 Å². The molecular weight excluding hydrogens is 210 g/mol. The van der Waals surface area contributed by atoms with E-state index in [1.165, 1.54) is 45.3 Å². The minimum atomic E-state index is 0.249. The minimum Gasteiger partial charge on any atom is -0.329 e. The summed E-state index contributed by atoms with van der Waals surface area (Å²) in [5.41, 5.74) is 6.31. The van der Waals surface area contributed by atoms with E-state index < -0.39 is 0 Å². The molecule has 0 bridgehead atoms. The van der Waals surface area contributed by atoms with E-state index in [9.17, 15) is 0 Å². The molecule has 0 spiro atoms. The fourth-order valence-electron chi connectivity index (χ4n) is 3.34. The molecule has 1 aliphatic carbocycles. The van der Waals surface area contributed by atoms with Gasteiger partial charge < -0.3 is 10.6 Å². The van der Waals surface area contributed by atoms with E-state index in [2.05, 4.69) is 30.7 Å². The Bertz CT molecular complexity index is 244. The fraction of sp³-hybridized carbons (Fsp3) is 1.00. The monoisotopic (exact) mass is 239 g/mol. The van der Waals surface area contributed by atoms with Gasteiger partial charge in [-0.2, -0.15) is 0 Å². The lowest BCUT2D eigenvalue weighted by Gasteiger charge is -2.46. The molecule has 0 aromatic rings. The van der Waals surface area contributed by atoms with Crippen molar-refractivity contribution in [2.24, 2.45) is 11.7 Å². The van der Waals surface area contributed by atoms with Crippen LogP contribution in [0.2, 0.25) is 0 Å². The third-order valence-corrected chi connectivity index (χ3v) is 5.23. The number of likely N-dealkylation sites (N-methyl/N-ethyl adjacent to an activating group) is 1. The second-order valence-electron chi connectivity index (χ2n) is 6.11. The van der Waals surface area contributed by atoms with Gasteiger partial charge in [-0.05, 0) is 65.2 Å². The van der Waals surface area contributed by atoms with Gasteiger partial charge in [0.2, 0.25) is 0 Å². The van der Waals surface area contributed by atoms with Gasteiger partial charge >= 0.3 is 0 Å². The highest BCUT2D eigenvalue weighted by atomic mass is 15.2. The van der Waals surface area contributed by atoms with E-state index in [0.717, 1.165) is 18.5 Å². The molecule has 1 unspecified atom stereocenters. The van der Waals surface area contributed by atoms with Gasteiger partial charge in [0.25, 0.3) is 0 Å². The van der Waals surface area contributed by atoms with Gasteiger partial charge in [-0.1, -0.05) is 6.92 Å². The van der Waals surface area contributed by atoms with E-state index in [1.807, 2.05) is 0 Å². The van der Waals surface area contributed by atoms with E-state index in [-0.39, 0.29) is 5.54 Å². The summed E-state index contributed by atoms with van der Waals surface area (Å²) in [6.07, 6.45) is 5.39. The number of hydrogen-bond donors (Lipinski definition) is 1. The largest absolute Gasteiger partial charge is 0.329 e. The standard InChI is InChI=1S/C14H29N3/c1-4-17-9-7-13(8-10-17)16(3)14(2,11-15)12-5-6-12/h12-13H,4-11,15H2,1-3H3. The van der Waals surface area contributed by atoms with Crippen molar-refractivity contribution in [3.05, 3.63) is 0 Å². The quantitative estimate of drug-likeness (QED) is 0.790. The molecule has 17 heavy (non-hydrogen) atoms. The fourth-order valence-corrected chi connectivity index (χ4v) is 3.34. The Kier molecular flexibility index (Phi) is 4.11. The molecule has 2 N–H and O–H groups in total. The highest BCUT2D eigenvalue weighted by Gasteiger charge is 2.45. The van der Waals surface area contributed by atoms with Crippen molar-refractivity contribution in [2.75, 3.05) is 33.2 Å². The Morgan fingerprint density at radius 3 is 2.24 bits per heavy atom. The maximum absolute atomic E-state index is 6.06. The van der Waals surface area contributed by atoms with Gasteiger partial charge in [0.05, 0.1) is 0 Å². The topological polar surface area (TPSA) is 32.5 Å². The van der Waals surface area contributed by atoms with Crippen LogP contribution < -0.4 is 5.73 Å². The first kappa shape index (κ1) is 13.3. The molecule has 1 saturated carbocycles. The summed E-state index contributed by atoms with van der Waals surface area (Å²) >= 11 is 0. The van der Waals surface area contributed by atoms with Crippen LogP contribution in [0.1, 0.15) is 39.5 Å². The van der Waals surface area contributed by atoms with Crippen LogP contribution in [0.3, 0.4) is 0 Å². The smallest absolute Gasteiger partial charge is 0.0331 e. The molecule has 2 aliphatic rings. The average molecular weight is 239 g/mol. The third kappa shape index (κ3) is 2.67. The summed E-state index contributed by atoms with van der Waals surface area (Å²) in [4.78, 5) is 5.17. The van der Waals surface area contributed by atoms with Gasteiger partial charge in [0.15, 0.2) is 0 Å². The molecule has 2 rings (SSSR count). The van der Waals surface area contributed by atoms with Gasteiger partial charge in [0, 0.05) is 18.1 Å². The minimum absolute atomic E-state index is 0.249. The molecule has 3 heteroatoms. The summed E-state index contributed by atoms with van der Waals surface area (Å²) in [6, 6.07) is 0.743. The van der Waals surface area contributed by atoms with Crippen molar-refractivity contribution >= 4 is 0 Å². The van der Waals surface area contributed by atoms with Gasteiger partial charge in [-0.25, -0.2) is 0 Å². The Hall–Kier alpha value is -0.120. The molecule has 0 aromatic carbocycles. The highest BCUT2D eigenvalue weighted by Crippen LogP contribution is 2.43. The molecule has 2 fully saturated rings. The molecule has 100 valence electrons. The SMILES string of the molecule is CCN1CCC(N(C)C(C)(CN)C2CC2)CC1. The summed E-state index contributed by atoms with van der Waals surface area (Å²) in [5, 5.41) is 0. The Morgan fingerprint density at radius 1 is 1.24 bits per heavy atom. The normalized spacial score (nSPS) is 27.4. The predicted octanol–water partition coefficient (Wildman–Crippen LogP) is 1.53. The van der Waals surface area contributed by atoms with Crippen molar-refractivity contribution in [3.63, 3.8) is 0 Å². The molecule has 0 aromatic heterocycles. The molecule has 1 aliphatic heterocycles. The molecule has 0 amide bonds. The van der Waals surface area contributed by atoms with Crippen molar-refractivity contribution in [1.29, 1.82) is 0 Å². The zero-order valence-corrected chi connectivity index (χ0v) is 11.8. The molecule has 0 radical (unpaired) electrons. The molecule has 1 saturated heterocycles. The second-order valence-corrected chi connectivity index (χ2v) is 6.11. The lowest BCUT2D eigenvalue weighted by atomic mass is 9.90. The zero-order chi connectivity index (χ0) is 12.5. The summed E-state index contributed by atoms with van der Waals surface area (Å²) in [5.74, 6) is 0.849. The lowest BCUT2D eigenvalue weighted by Crippen LogP contribution is -2.57. The molecule has 1 atom stereocenters. The van der Waals surface area contributed by atoms with Crippen LogP contribution in [0.15, 0.2) is 0 Å². The van der Waals surface area contributed by atoms with Crippen LogP contribution in [-0.4, -0.2) is 54.6 Å². The van der Waals surface area contributed by atoms with Crippen LogP contribution >= 0.6 is 0 Å². The van der Waals surface area contributed by atoms with Crippen molar-refractivity contribution < 1.29 is 0 Å². The van der Waals surface area contributed by atoms with Gasteiger partial charge in [-0.15, -0.1) is 0 Å².